The molecule has 0 spiro atoms. The predicted molar refractivity (Wildman–Crippen MR) is 76.5 cm³/mol. The van der Waals surface area contributed by atoms with E-state index in [1.165, 1.54) is 30.1 Å². The first-order valence-electron chi connectivity index (χ1n) is 5.87. The molecule has 20 heavy (non-hydrogen) atoms. The molecule has 1 heterocycles. The van der Waals surface area contributed by atoms with Gasteiger partial charge in [-0.3, -0.25) is 8.99 Å². The molecule has 0 amide bonds. The van der Waals surface area contributed by atoms with Gasteiger partial charge in [0.2, 0.25) is 0 Å². The second kappa shape index (κ2) is 5.34. The molecule has 2 aromatic rings. The number of phenols is 1. The quantitative estimate of drug-likeness (QED) is 0.936. The highest BCUT2D eigenvalue weighted by Crippen LogP contribution is 2.29. The Hall–Kier alpha value is -1.73. The Labute approximate surface area is 122 Å². The average molecular weight is 316 g/mol. The SMILES string of the molecule is CCN(c1cccc(O)c1)S(=O)(=O)c1c(Cl)cnn1C. The van der Waals surface area contributed by atoms with Gasteiger partial charge in [-0.25, -0.2) is 0 Å². The lowest BCUT2D eigenvalue weighted by atomic mass is 10.3. The fourth-order valence-corrected chi connectivity index (χ4v) is 4.01. The zero-order chi connectivity index (χ0) is 14.9. The average Bonchev–Trinajstić information content (AvgIpc) is 2.70. The summed E-state index contributed by atoms with van der Waals surface area (Å²) in [6.45, 7) is 1.90. The van der Waals surface area contributed by atoms with Crippen molar-refractivity contribution < 1.29 is 13.5 Å². The molecule has 0 aliphatic rings. The molecule has 6 nitrogen and oxygen atoms in total. The van der Waals surface area contributed by atoms with Crippen molar-refractivity contribution >= 4 is 27.3 Å². The monoisotopic (exact) mass is 315 g/mol. The lowest BCUT2D eigenvalue weighted by molar-refractivity contribution is 0.475. The van der Waals surface area contributed by atoms with Crippen molar-refractivity contribution in [1.29, 1.82) is 0 Å². The summed E-state index contributed by atoms with van der Waals surface area (Å²) in [7, 11) is -2.34. The highest BCUT2D eigenvalue weighted by Gasteiger charge is 2.29. The number of aryl methyl sites for hydroxylation is 1. The van der Waals surface area contributed by atoms with E-state index in [0.717, 1.165) is 4.31 Å². The van der Waals surface area contributed by atoms with Gasteiger partial charge in [-0.05, 0) is 19.1 Å². The van der Waals surface area contributed by atoms with E-state index in [-0.39, 0.29) is 22.3 Å². The maximum Gasteiger partial charge on any atom is 0.283 e. The van der Waals surface area contributed by atoms with Gasteiger partial charge >= 0.3 is 0 Å². The number of aromatic hydroxyl groups is 1. The van der Waals surface area contributed by atoms with Crippen LogP contribution in [0.1, 0.15) is 6.92 Å². The molecule has 0 aliphatic carbocycles. The number of rotatable bonds is 4. The maximum atomic E-state index is 12.7. The van der Waals surface area contributed by atoms with Crippen LogP contribution in [0.5, 0.6) is 5.75 Å². The van der Waals surface area contributed by atoms with E-state index < -0.39 is 10.0 Å². The number of benzene rings is 1. The van der Waals surface area contributed by atoms with Gasteiger partial charge in [0.15, 0.2) is 5.03 Å². The Morgan fingerprint density at radius 1 is 1.45 bits per heavy atom. The third-order valence-corrected chi connectivity index (χ3v) is 5.19. The maximum absolute atomic E-state index is 12.7. The van der Waals surface area contributed by atoms with Gasteiger partial charge in [0, 0.05) is 19.7 Å². The zero-order valence-corrected chi connectivity index (χ0v) is 12.6. The summed E-state index contributed by atoms with van der Waals surface area (Å²) >= 11 is 5.91. The Morgan fingerprint density at radius 3 is 2.65 bits per heavy atom. The summed E-state index contributed by atoms with van der Waals surface area (Å²) in [4.78, 5) is 0. The van der Waals surface area contributed by atoms with E-state index in [1.54, 1.807) is 19.1 Å². The Morgan fingerprint density at radius 2 is 2.15 bits per heavy atom. The number of nitrogens with zero attached hydrogens (tertiary/aromatic N) is 3. The number of phenolic OH excluding ortho intramolecular Hbond substituents is 1. The van der Waals surface area contributed by atoms with Gasteiger partial charge in [0.1, 0.15) is 5.75 Å². The van der Waals surface area contributed by atoms with Crippen molar-refractivity contribution in [3.63, 3.8) is 0 Å². The molecular weight excluding hydrogens is 302 g/mol. The fraction of sp³-hybridized carbons (Fsp3) is 0.250. The molecule has 0 fully saturated rings. The molecule has 2 rings (SSSR count). The minimum absolute atomic E-state index is 0.00717. The summed E-state index contributed by atoms with van der Waals surface area (Å²) in [5.74, 6) is -0.00717. The second-order valence-electron chi connectivity index (χ2n) is 4.11. The lowest BCUT2D eigenvalue weighted by Gasteiger charge is -2.23. The second-order valence-corrected chi connectivity index (χ2v) is 6.30. The molecule has 1 aromatic carbocycles. The first-order valence-corrected chi connectivity index (χ1v) is 7.69. The summed E-state index contributed by atoms with van der Waals surface area (Å²) in [6, 6.07) is 6.03. The predicted octanol–water partition coefficient (Wildman–Crippen LogP) is 1.99. The van der Waals surface area contributed by atoms with Gasteiger partial charge in [0.25, 0.3) is 10.0 Å². The van der Waals surface area contributed by atoms with Crippen LogP contribution in [0.25, 0.3) is 0 Å². The van der Waals surface area contributed by atoms with Crippen LogP contribution in [0.15, 0.2) is 35.5 Å². The standard InChI is InChI=1S/C12H14ClN3O3S/c1-3-16(9-5-4-6-10(17)7-9)20(18,19)12-11(13)8-14-15(12)2/h4-8,17H,3H2,1-2H3. The first-order chi connectivity index (χ1) is 9.37. The van der Waals surface area contributed by atoms with Crippen molar-refractivity contribution in [2.24, 2.45) is 7.05 Å². The largest absolute Gasteiger partial charge is 0.508 e. The van der Waals surface area contributed by atoms with Crippen LogP contribution in [-0.4, -0.2) is 29.8 Å². The van der Waals surface area contributed by atoms with Crippen molar-refractivity contribution in [2.45, 2.75) is 11.9 Å². The van der Waals surface area contributed by atoms with Gasteiger partial charge in [-0.1, -0.05) is 17.7 Å². The molecule has 0 aliphatic heterocycles. The van der Waals surface area contributed by atoms with E-state index in [4.69, 9.17) is 11.6 Å². The number of anilines is 1. The van der Waals surface area contributed by atoms with Crippen molar-refractivity contribution in [2.75, 3.05) is 10.8 Å². The fourth-order valence-electron chi connectivity index (χ4n) is 1.93. The van der Waals surface area contributed by atoms with Crippen LogP contribution in [0.2, 0.25) is 5.02 Å². The summed E-state index contributed by atoms with van der Waals surface area (Å²) in [5, 5.41) is 13.3. The van der Waals surface area contributed by atoms with E-state index in [0.29, 0.717) is 5.69 Å². The van der Waals surface area contributed by atoms with Crippen LogP contribution in [0, 0.1) is 0 Å². The van der Waals surface area contributed by atoms with Gasteiger partial charge < -0.3 is 5.11 Å². The molecule has 8 heteroatoms. The minimum Gasteiger partial charge on any atom is -0.508 e. The number of hydrogen-bond donors (Lipinski definition) is 1. The van der Waals surface area contributed by atoms with Crippen molar-refractivity contribution in [3.8, 4) is 5.75 Å². The lowest BCUT2D eigenvalue weighted by Crippen LogP contribution is -2.32. The van der Waals surface area contributed by atoms with Crippen LogP contribution in [0.3, 0.4) is 0 Å². The van der Waals surface area contributed by atoms with Crippen LogP contribution < -0.4 is 4.31 Å². The van der Waals surface area contributed by atoms with Gasteiger partial charge in [-0.15, -0.1) is 0 Å². The summed E-state index contributed by atoms with van der Waals surface area (Å²) < 4.78 is 27.7. The molecule has 1 aromatic heterocycles. The van der Waals surface area contributed by atoms with Crippen molar-refractivity contribution in [3.05, 3.63) is 35.5 Å². The third-order valence-electron chi connectivity index (χ3n) is 2.78. The Balaban J connectivity index is 2.57. The normalized spacial score (nSPS) is 11.6. The molecule has 0 bridgehead atoms. The Bertz CT molecular complexity index is 708. The zero-order valence-electron chi connectivity index (χ0n) is 11.0. The number of aromatic nitrogens is 2. The van der Waals surface area contributed by atoms with E-state index in [1.807, 2.05) is 0 Å². The molecule has 0 atom stereocenters. The highest BCUT2D eigenvalue weighted by atomic mass is 35.5. The van der Waals surface area contributed by atoms with Gasteiger partial charge in [0.05, 0.1) is 16.9 Å². The summed E-state index contributed by atoms with van der Waals surface area (Å²) in [6.07, 6.45) is 1.28. The summed E-state index contributed by atoms with van der Waals surface area (Å²) in [5.41, 5.74) is 0.366. The van der Waals surface area contributed by atoms with Gasteiger partial charge in [-0.2, -0.15) is 13.5 Å². The smallest absolute Gasteiger partial charge is 0.283 e. The molecule has 1 N–H and O–H groups in total. The van der Waals surface area contributed by atoms with E-state index in [2.05, 4.69) is 5.10 Å². The van der Waals surface area contributed by atoms with E-state index >= 15 is 0 Å². The van der Waals surface area contributed by atoms with Crippen LogP contribution in [-0.2, 0) is 17.1 Å². The molecule has 0 saturated carbocycles. The molecule has 0 radical (unpaired) electrons. The van der Waals surface area contributed by atoms with E-state index in [9.17, 15) is 13.5 Å². The molecule has 0 saturated heterocycles. The third kappa shape index (κ3) is 2.46. The van der Waals surface area contributed by atoms with Crippen LogP contribution in [0.4, 0.5) is 5.69 Å². The highest BCUT2D eigenvalue weighted by molar-refractivity contribution is 7.92. The number of hydrogen-bond acceptors (Lipinski definition) is 4. The number of halogens is 1. The van der Waals surface area contributed by atoms with Crippen molar-refractivity contribution in [1.82, 2.24) is 9.78 Å². The molecule has 108 valence electrons. The number of sulfonamides is 1. The first kappa shape index (κ1) is 14.7. The van der Waals surface area contributed by atoms with Crippen LogP contribution >= 0.6 is 11.6 Å². The topological polar surface area (TPSA) is 75.4 Å². The molecular formula is C12H14ClN3O3S. The molecule has 0 unspecified atom stereocenters. The Kier molecular flexibility index (Phi) is 3.92. The minimum atomic E-state index is -3.85.